The summed E-state index contributed by atoms with van der Waals surface area (Å²) in [5, 5.41) is 0. The molecule has 0 aromatic rings. The van der Waals surface area contributed by atoms with Crippen LogP contribution in [0, 0.1) is 5.92 Å². The molecule has 3 atom stereocenters. The fourth-order valence-corrected chi connectivity index (χ4v) is 2.42. The molecule has 0 N–H and O–H groups in total. The maximum absolute atomic E-state index is 12.8. The lowest BCUT2D eigenvalue weighted by Gasteiger charge is -2.45. The summed E-state index contributed by atoms with van der Waals surface area (Å²) in [4.78, 5) is 0. The third kappa shape index (κ3) is 1.75. The van der Waals surface area contributed by atoms with E-state index < -0.39 is 42.3 Å². The van der Waals surface area contributed by atoms with Crippen molar-refractivity contribution in [2.75, 3.05) is 0 Å². The second-order valence-electron chi connectivity index (χ2n) is 4.75. The Bertz CT molecular complexity index is 357. The minimum atomic E-state index is -4.83. The average Bonchev–Trinajstić information content (AvgIpc) is 2.40. The molecule has 0 amide bonds. The highest BCUT2D eigenvalue weighted by atomic mass is 19.4. The van der Waals surface area contributed by atoms with Crippen LogP contribution in [0.5, 0.6) is 0 Å². The quantitative estimate of drug-likeness (QED) is 0.477. The van der Waals surface area contributed by atoms with Gasteiger partial charge in [-0.2, -0.15) is 26.3 Å². The summed E-state index contributed by atoms with van der Waals surface area (Å²) in [6.07, 6.45) is -8.68. The van der Waals surface area contributed by atoms with Crippen LogP contribution in [0.2, 0.25) is 0 Å². The van der Waals surface area contributed by atoms with Crippen LogP contribution in [0.25, 0.3) is 0 Å². The van der Waals surface area contributed by atoms with E-state index in [9.17, 15) is 26.3 Å². The molecule has 0 spiro atoms. The molecule has 0 aromatic carbocycles. The van der Waals surface area contributed by atoms with Crippen molar-refractivity contribution in [1.82, 2.24) is 0 Å². The van der Waals surface area contributed by atoms with Crippen molar-refractivity contribution in [2.24, 2.45) is 5.92 Å². The second-order valence-corrected chi connectivity index (χ2v) is 4.75. The number of ether oxygens (including phenoxy) is 1. The van der Waals surface area contributed by atoms with E-state index in [4.69, 9.17) is 0 Å². The van der Waals surface area contributed by atoms with Gasteiger partial charge in [0.15, 0.2) is 11.2 Å². The SMILES string of the molecule is CC1(C(F)(F)F)CC2C=CC(C(F)(F)F)(C2)O1. The predicted octanol–water partition coefficient (Wildman–Crippen LogP) is 3.60. The Morgan fingerprint density at radius 2 is 1.65 bits per heavy atom. The number of halogens is 6. The number of allylic oxidation sites excluding steroid dienone is 1. The summed E-state index contributed by atoms with van der Waals surface area (Å²) in [6.45, 7) is 0.673. The van der Waals surface area contributed by atoms with Gasteiger partial charge in [0.25, 0.3) is 0 Å². The van der Waals surface area contributed by atoms with Crippen LogP contribution in [0.4, 0.5) is 26.3 Å². The van der Waals surface area contributed by atoms with Crippen molar-refractivity contribution < 1.29 is 31.1 Å². The van der Waals surface area contributed by atoms with E-state index in [-0.39, 0.29) is 0 Å². The summed E-state index contributed by atoms with van der Waals surface area (Å²) < 4.78 is 81.1. The number of rotatable bonds is 0. The third-order valence-electron chi connectivity index (χ3n) is 3.34. The molecule has 2 aliphatic rings. The molecule has 7 heteroatoms. The van der Waals surface area contributed by atoms with Gasteiger partial charge in [-0.15, -0.1) is 0 Å². The van der Waals surface area contributed by atoms with Crippen molar-refractivity contribution in [3.05, 3.63) is 12.2 Å². The van der Waals surface area contributed by atoms with Gasteiger partial charge in [0.05, 0.1) is 0 Å². The van der Waals surface area contributed by atoms with Gasteiger partial charge in [-0.1, -0.05) is 6.08 Å². The molecule has 0 saturated carbocycles. The lowest BCUT2D eigenvalue weighted by Crippen LogP contribution is -2.59. The van der Waals surface area contributed by atoms with Gasteiger partial charge in [-0.25, -0.2) is 0 Å². The molecule has 98 valence electrons. The first-order chi connectivity index (χ1) is 7.49. The first-order valence-electron chi connectivity index (χ1n) is 5.02. The molecule has 1 heterocycles. The van der Waals surface area contributed by atoms with Crippen LogP contribution in [-0.4, -0.2) is 23.6 Å². The van der Waals surface area contributed by atoms with Crippen LogP contribution in [0.3, 0.4) is 0 Å². The lowest BCUT2D eigenvalue weighted by atomic mass is 9.83. The zero-order chi connectivity index (χ0) is 13.1. The highest BCUT2D eigenvalue weighted by molar-refractivity contribution is 5.21. The van der Waals surface area contributed by atoms with Crippen LogP contribution < -0.4 is 0 Å². The second kappa shape index (κ2) is 3.18. The summed E-state index contributed by atoms with van der Waals surface area (Å²) in [5.74, 6) is -0.739. The molecular formula is C10H10F6O. The van der Waals surface area contributed by atoms with E-state index >= 15 is 0 Å². The maximum atomic E-state index is 12.8. The van der Waals surface area contributed by atoms with Gasteiger partial charge in [0, 0.05) is 0 Å². The van der Waals surface area contributed by atoms with Gasteiger partial charge in [0.1, 0.15) is 0 Å². The van der Waals surface area contributed by atoms with E-state index in [0.717, 1.165) is 0 Å². The van der Waals surface area contributed by atoms with E-state index in [1.54, 1.807) is 0 Å². The fourth-order valence-electron chi connectivity index (χ4n) is 2.42. The molecule has 3 unspecified atom stereocenters. The smallest absolute Gasteiger partial charge is 0.346 e. The molecule has 1 aliphatic carbocycles. The molecule has 0 radical (unpaired) electrons. The fraction of sp³-hybridized carbons (Fsp3) is 0.800. The molecule has 2 rings (SSSR count). The number of alkyl halides is 6. The molecule has 1 fully saturated rings. The summed E-state index contributed by atoms with van der Waals surface area (Å²) in [5.41, 5.74) is -5.52. The first-order valence-corrected chi connectivity index (χ1v) is 5.02. The monoisotopic (exact) mass is 260 g/mol. The van der Waals surface area contributed by atoms with Gasteiger partial charge >= 0.3 is 12.4 Å². The number of fused-ring (bicyclic) bond motifs is 2. The molecule has 17 heavy (non-hydrogen) atoms. The largest absolute Gasteiger partial charge is 0.421 e. The van der Waals surface area contributed by atoms with Gasteiger partial charge in [0.2, 0.25) is 0 Å². The van der Waals surface area contributed by atoms with Crippen LogP contribution in [-0.2, 0) is 4.74 Å². The molecule has 2 bridgehead atoms. The molecule has 1 saturated heterocycles. The Hall–Kier alpha value is -0.720. The predicted molar refractivity (Wildman–Crippen MR) is 46.2 cm³/mol. The zero-order valence-electron chi connectivity index (χ0n) is 8.82. The van der Waals surface area contributed by atoms with Crippen LogP contribution in [0.1, 0.15) is 19.8 Å². The van der Waals surface area contributed by atoms with Crippen LogP contribution >= 0.6 is 0 Å². The van der Waals surface area contributed by atoms with Crippen molar-refractivity contribution in [1.29, 1.82) is 0 Å². The third-order valence-corrected chi connectivity index (χ3v) is 3.34. The molecular weight excluding hydrogens is 250 g/mol. The lowest BCUT2D eigenvalue weighted by molar-refractivity contribution is -0.364. The van der Waals surface area contributed by atoms with Gasteiger partial charge < -0.3 is 4.74 Å². The highest BCUT2D eigenvalue weighted by Crippen LogP contribution is 2.55. The Balaban J connectivity index is 2.38. The van der Waals surface area contributed by atoms with E-state index in [1.807, 2.05) is 0 Å². The van der Waals surface area contributed by atoms with Crippen molar-refractivity contribution in [2.45, 2.75) is 43.3 Å². The minimum absolute atomic E-state index is 0.456. The normalized spacial score (nSPS) is 41.9. The summed E-state index contributed by atoms with van der Waals surface area (Å²) >= 11 is 0. The Morgan fingerprint density at radius 1 is 1.06 bits per heavy atom. The van der Waals surface area contributed by atoms with E-state index in [1.165, 1.54) is 6.08 Å². The topological polar surface area (TPSA) is 9.23 Å². The first kappa shape index (κ1) is 12.7. The van der Waals surface area contributed by atoms with Crippen molar-refractivity contribution >= 4 is 0 Å². The molecule has 1 nitrogen and oxygen atoms in total. The van der Waals surface area contributed by atoms with Crippen molar-refractivity contribution in [3.8, 4) is 0 Å². The van der Waals surface area contributed by atoms with Gasteiger partial charge in [-0.3, -0.25) is 0 Å². The number of hydrogen-bond donors (Lipinski definition) is 0. The average molecular weight is 260 g/mol. The standard InChI is InChI=1S/C10H10F6O/c1-7(9(11,12)13)4-6-2-3-8(5-6,17-7)10(14,15)16/h2-3,6H,4-5H2,1H3. The zero-order valence-corrected chi connectivity index (χ0v) is 8.82. The molecule has 1 aliphatic heterocycles. The summed E-state index contributed by atoms with van der Waals surface area (Å²) in [7, 11) is 0. The van der Waals surface area contributed by atoms with E-state index in [0.29, 0.717) is 13.0 Å². The Morgan fingerprint density at radius 3 is 2.12 bits per heavy atom. The number of hydrogen-bond acceptors (Lipinski definition) is 1. The highest BCUT2D eigenvalue weighted by Gasteiger charge is 2.68. The van der Waals surface area contributed by atoms with E-state index in [2.05, 4.69) is 4.74 Å². The maximum Gasteiger partial charge on any atom is 0.421 e. The van der Waals surface area contributed by atoms with Crippen molar-refractivity contribution in [3.63, 3.8) is 0 Å². The minimum Gasteiger partial charge on any atom is -0.346 e. The Labute approximate surface area is 93.4 Å². The Kier molecular flexibility index (Phi) is 2.38. The molecule has 0 aromatic heterocycles. The van der Waals surface area contributed by atoms with Gasteiger partial charge in [-0.05, 0) is 31.8 Å². The summed E-state index contributed by atoms with van der Waals surface area (Å²) in [6, 6.07) is 0. The van der Waals surface area contributed by atoms with Crippen LogP contribution in [0.15, 0.2) is 12.2 Å².